The van der Waals surface area contributed by atoms with Gasteiger partial charge in [-0.1, -0.05) is 12.1 Å². The largest absolute Gasteiger partial charge is 0.452 e. The van der Waals surface area contributed by atoms with Crippen molar-refractivity contribution in [1.82, 2.24) is 0 Å². The number of hydrogen-bond donors (Lipinski definition) is 1. The lowest BCUT2D eigenvalue weighted by Crippen LogP contribution is -2.34. The average Bonchev–Trinajstić information content (AvgIpc) is 3.06. The van der Waals surface area contributed by atoms with Crippen LogP contribution in [-0.4, -0.2) is 41.1 Å². The molecule has 1 aliphatic carbocycles. The number of imide groups is 1. The highest BCUT2D eigenvalue weighted by Crippen LogP contribution is 2.43. The summed E-state index contributed by atoms with van der Waals surface area (Å²) in [6.45, 7) is -0.821. The minimum Gasteiger partial charge on any atom is -0.452 e. The molecule has 2 aromatic rings. The standard InChI is InChI=1S/C24H19Cl2F3N2O5/c25-17-9-14-15(10-18(17)26)22(34)31(21(14)33)13-7-5-12(6-8-13)23(35)36-11-20(32)30-19-4-2-1-3-16(19)24(27,28)29/h1-8,14-15,17-18H,9-11H2,(H,30,32)/t14-,15+,17+,18-. The van der Waals surface area contributed by atoms with E-state index in [-0.39, 0.29) is 23.1 Å². The zero-order valence-electron chi connectivity index (χ0n) is 18.4. The summed E-state index contributed by atoms with van der Waals surface area (Å²) in [5, 5.41) is 1.24. The molecule has 190 valence electrons. The van der Waals surface area contributed by atoms with Crippen molar-refractivity contribution in [2.45, 2.75) is 29.8 Å². The maximum atomic E-state index is 13.1. The van der Waals surface area contributed by atoms with Gasteiger partial charge in [-0.05, 0) is 49.2 Å². The zero-order chi connectivity index (χ0) is 26.2. The summed E-state index contributed by atoms with van der Waals surface area (Å²) in [5.74, 6) is -3.75. The van der Waals surface area contributed by atoms with E-state index in [0.29, 0.717) is 12.8 Å². The van der Waals surface area contributed by atoms with E-state index in [0.717, 1.165) is 17.0 Å². The summed E-state index contributed by atoms with van der Waals surface area (Å²) in [6.07, 6.45) is -4.09. The van der Waals surface area contributed by atoms with Crippen molar-refractivity contribution in [3.63, 3.8) is 0 Å². The second kappa shape index (κ2) is 10.1. The second-order valence-electron chi connectivity index (χ2n) is 8.44. The molecule has 0 bridgehead atoms. The van der Waals surface area contributed by atoms with Gasteiger partial charge in [0, 0.05) is 0 Å². The highest BCUT2D eigenvalue weighted by molar-refractivity contribution is 6.31. The lowest BCUT2D eigenvalue weighted by atomic mass is 9.80. The van der Waals surface area contributed by atoms with Gasteiger partial charge in [0.05, 0.1) is 45.1 Å². The van der Waals surface area contributed by atoms with Gasteiger partial charge in [0.1, 0.15) is 0 Å². The highest BCUT2D eigenvalue weighted by Gasteiger charge is 2.52. The summed E-state index contributed by atoms with van der Waals surface area (Å²) in [5.41, 5.74) is -1.22. The summed E-state index contributed by atoms with van der Waals surface area (Å²) in [4.78, 5) is 51.1. The van der Waals surface area contributed by atoms with E-state index < -0.39 is 58.5 Å². The quantitative estimate of drug-likeness (QED) is 0.338. The van der Waals surface area contributed by atoms with Crippen molar-refractivity contribution in [2.75, 3.05) is 16.8 Å². The molecule has 1 heterocycles. The Bertz CT molecular complexity index is 1180. The molecule has 0 radical (unpaired) electrons. The van der Waals surface area contributed by atoms with Crippen LogP contribution in [0.3, 0.4) is 0 Å². The Morgan fingerprint density at radius 3 is 2.06 bits per heavy atom. The van der Waals surface area contributed by atoms with Gasteiger partial charge in [0.2, 0.25) is 11.8 Å². The first-order valence-electron chi connectivity index (χ1n) is 10.9. The first-order chi connectivity index (χ1) is 17.0. The van der Waals surface area contributed by atoms with Gasteiger partial charge >= 0.3 is 12.1 Å². The Kier molecular flexibility index (Phi) is 7.28. The molecule has 0 aromatic heterocycles. The molecule has 3 amide bonds. The summed E-state index contributed by atoms with van der Waals surface area (Å²) < 4.78 is 44.0. The molecule has 4 atom stereocenters. The molecule has 4 rings (SSSR count). The summed E-state index contributed by atoms with van der Waals surface area (Å²) >= 11 is 12.4. The molecule has 2 fully saturated rings. The lowest BCUT2D eigenvalue weighted by Gasteiger charge is -2.28. The number of nitrogens with zero attached hydrogens (tertiary/aromatic N) is 1. The normalized spacial score (nSPS) is 23.9. The third-order valence-electron chi connectivity index (χ3n) is 6.11. The summed E-state index contributed by atoms with van der Waals surface area (Å²) in [7, 11) is 0. The predicted octanol–water partition coefficient (Wildman–Crippen LogP) is 4.62. The van der Waals surface area contributed by atoms with E-state index >= 15 is 0 Å². The molecule has 7 nitrogen and oxygen atoms in total. The van der Waals surface area contributed by atoms with Crippen LogP contribution in [0.1, 0.15) is 28.8 Å². The molecular formula is C24H19Cl2F3N2O5. The number of esters is 1. The first kappa shape index (κ1) is 26.0. The van der Waals surface area contributed by atoms with Crippen molar-refractivity contribution < 1.29 is 37.1 Å². The van der Waals surface area contributed by atoms with Crippen LogP contribution in [0, 0.1) is 11.8 Å². The third-order valence-corrected chi connectivity index (χ3v) is 7.21. The Labute approximate surface area is 213 Å². The predicted molar refractivity (Wildman–Crippen MR) is 125 cm³/mol. The molecule has 0 unspecified atom stereocenters. The van der Waals surface area contributed by atoms with Crippen LogP contribution in [0.25, 0.3) is 0 Å². The minimum atomic E-state index is -4.67. The number of benzene rings is 2. The number of halogens is 5. The smallest absolute Gasteiger partial charge is 0.418 e. The fourth-order valence-corrected chi connectivity index (χ4v) is 4.93. The lowest BCUT2D eigenvalue weighted by molar-refractivity contribution is -0.137. The number of rotatable bonds is 5. The maximum Gasteiger partial charge on any atom is 0.418 e. The number of ether oxygens (including phenoxy) is 1. The topological polar surface area (TPSA) is 92.8 Å². The van der Waals surface area contributed by atoms with Crippen molar-refractivity contribution in [3.05, 3.63) is 59.7 Å². The van der Waals surface area contributed by atoms with E-state index in [4.69, 9.17) is 27.9 Å². The number of nitrogens with one attached hydrogen (secondary N) is 1. The Hall–Kier alpha value is -3.11. The second-order valence-corrected chi connectivity index (χ2v) is 9.56. The van der Waals surface area contributed by atoms with Crippen LogP contribution in [0.2, 0.25) is 0 Å². The van der Waals surface area contributed by atoms with E-state index in [2.05, 4.69) is 5.32 Å². The fraction of sp³-hybridized carbons (Fsp3) is 0.333. The number of fused-ring (bicyclic) bond motifs is 1. The van der Waals surface area contributed by atoms with Crippen LogP contribution in [0.4, 0.5) is 24.5 Å². The Morgan fingerprint density at radius 1 is 0.944 bits per heavy atom. The molecule has 36 heavy (non-hydrogen) atoms. The van der Waals surface area contributed by atoms with Gasteiger partial charge in [0.25, 0.3) is 5.91 Å². The number of alkyl halides is 5. The molecular weight excluding hydrogens is 524 g/mol. The first-order valence-corrected chi connectivity index (χ1v) is 11.7. The molecule has 1 N–H and O–H groups in total. The van der Waals surface area contributed by atoms with E-state index in [1.165, 1.54) is 36.4 Å². The van der Waals surface area contributed by atoms with E-state index in [1.54, 1.807) is 0 Å². The highest BCUT2D eigenvalue weighted by atomic mass is 35.5. The molecule has 12 heteroatoms. The average molecular weight is 543 g/mol. The van der Waals surface area contributed by atoms with Crippen molar-refractivity contribution in [2.24, 2.45) is 11.8 Å². The number of hydrogen-bond acceptors (Lipinski definition) is 5. The van der Waals surface area contributed by atoms with Gasteiger partial charge in [-0.3, -0.25) is 19.3 Å². The van der Waals surface area contributed by atoms with E-state index in [9.17, 15) is 32.3 Å². The van der Waals surface area contributed by atoms with Crippen molar-refractivity contribution >= 4 is 58.3 Å². The monoisotopic (exact) mass is 542 g/mol. The minimum absolute atomic E-state index is 0.0143. The van der Waals surface area contributed by atoms with Gasteiger partial charge in [-0.25, -0.2) is 4.79 Å². The van der Waals surface area contributed by atoms with Crippen molar-refractivity contribution in [3.8, 4) is 0 Å². The van der Waals surface area contributed by atoms with Crippen LogP contribution in [0.15, 0.2) is 48.5 Å². The number of amides is 3. The zero-order valence-corrected chi connectivity index (χ0v) is 19.9. The van der Waals surface area contributed by atoms with E-state index in [1.807, 2.05) is 0 Å². The number of anilines is 2. The molecule has 1 saturated carbocycles. The van der Waals surface area contributed by atoms with Crippen LogP contribution in [-0.2, 0) is 25.3 Å². The SMILES string of the molecule is O=C(COC(=O)c1ccc(N2C(=O)[C@H]3C[C@@H](Cl)[C@@H](Cl)C[C@H]3C2=O)cc1)Nc1ccccc1C(F)(F)F. The molecule has 0 spiro atoms. The van der Waals surface area contributed by atoms with Gasteiger partial charge in [-0.2, -0.15) is 13.2 Å². The molecule has 1 aliphatic heterocycles. The number of carbonyl (C=O) groups excluding carboxylic acids is 4. The Balaban J connectivity index is 1.37. The van der Waals surface area contributed by atoms with Crippen LogP contribution >= 0.6 is 23.2 Å². The number of para-hydroxylation sites is 1. The Morgan fingerprint density at radius 2 is 1.50 bits per heavy atom. The molecule has 2 aliphatic rings. The fourth-order valence-electron chi connectivity index (χ4n) is 4.34. The number of carbonyl (C=O) groups is 4. The molecule has 1 saturated heterocycles. The van der Waals surface area contributed by atoms with Crippen molar-refractivity contribution in [1.29, 1.82) is 0 Å². The molecule has 2 aromatic carbocycles. The summed E-state index contributed by atoms with van der Waals surface area (Å²) in [6, 6.07) is 9.81. The van der Waals surface area contributed by atoms with Crippen LogP contribution in [0.5, 0.6) is 0 Å². The third kappa shape index (κ3) is 5.19. The van der Waals surface area contributed by atoms with Crippen LogP contribution < -0.4 is 10.2 Å². The maximum absolute atomic E-state index is 13.1. The van der Waals surface area contributed by atoms with Gasteiger partial charge < -0.3 is 10.1 Å². The van der Waals surface area contributed by atoms with Gasteiger partial charge in [0.15, 0.2) is 6.61 Å². The van der Waals surface area contributed by atoms with Gasteiger partial charge in [-0.15, -0.1) is 23.2 Å².